The lowest BCUT2D eigenvalue weighted by atomic mass is 10.3. The van der Waals surface area contributed by atoms with Crippen LogP contribution in [0.2, 0.25) is 0 Å². The molecule has 0 aliphatic carbocycles. The molecule has 0 atom stereocenters. The fourth-order valence-electron chi connectivity index (χ4n) is 1.32. The van der Waals surface area contributed by atoms with Crippen molar-refractivity contribution < 1.29 is 18.3 Å². The Bertz CT molecular complexity index is 393. The number of hydrogen-bond donors (Lipinski definition) is 1. The Hall–Kier alpha value is -1.69. The van der Waals surface area contributed by atoms with Crippen LogP contribution in [0, 0.1) is 11.6 Å². The minimum atomic E-state index is -0.826. The second-order valence-corrected chi connectivity index (χ2v) is 3.80. The van der Waals surface area contributed by atoms with E-state index in [9.17, 15) is 13.6 Å². The molecule has 0 bridgehead atoms. The van der Waals surface area contributed by atoms with Crippen molar-refractivity contribution >= 4 is 5.91 Å². The highest BCUT2D eigenvalue weighted by atomic mass is 19.1. The van der Waals surface area contributed by atoms with Gasteiger partial charge in [0.05, 0.1) is 0 Å². The lowest BCUT2D eigenvalue weighted by Crippen LogP contribution is -2.33. The maximum Gasteiger partial charge on any atom is 0.260 e. The predicted octanol–water partition coefficient (Wildman–Crippen LogP) is 1.15. The van der Waals surface area contributed by atoms with E-state index >= 15 is 0 Å². The lowest BCUT2D eigenvalue weighted by Gasteiger charge is -2.17. The van der Waals surface area contributed by atoms with Gasteiger partial charge in [0.25, 0.3) is 5.91 Å². The molecule has 0 aromatic heterocycles. The number of benzene rings is 1. The Morgan fingerprint density at radius 3 is 2.56 bits per heavy atom. The Balaban J connectivity index is 2.52. The molecular weight excluding hydrogens is 242 g/mol. The van der Waals surface area contributed by atoms with Crippen LogP contribution in [0.15, 0.2) is 18.2 Å². The van der Waals surface area contributed by atoms with E-state index in [4.69, 9.17) is 10.5 Å². The van der Waals surface area contributed by atoms with Gasteiger partial charge in [0.1, 0.15) is 0 Å². The van der Waals surface area contributed by atoms with Gasteiger partial charge < -0.3 is 15.4 Å². The van der Waals surface area contributed by atoms with E-state index < -0.39 is 24.0 Å². The summed E-state index contributed by atoms with van der Waals surface area (Å²) in [5.74, 6) is -2.54. The van der Waals surface area contributed by atoms with Crippen molar-refractivity contribution in [3.63, 3.8) is 0 Å². The summed E-state index contributed by atoms with van der Waals surface area (Å²) < 4.78 is 31.3. The van der Waals surface area contributed by atoms with Crippen LogP contribution in [0.3, 0.4) is 0 Å². The van der Waals surface area contributed by atoms with Gasteiger partial charge in [0, 0.05) is 13.6 Å². The first kappa shape index (κ1) is 14.4. The Labute approximate surface area is 104 Å². The molecule has 1 aromatic carbocycles. The number of nitrogens with two attached hydrogens (primary N) is 1. The molecule has 6 heteroatoms. The van der Waals surface area contributed by atoms with Crippen molar-refractivity contribution in [2.45, 2.75) is 6.42 Å². The fraction of sp³-hybridized carbons (Fsp3) is 0.417. The van der Waals surface area contributed by atoms with Crippen LogP contribution in [-0.2, 0) is 4.79 Å². The van der Waals surface area contributed by atoms with Crippen molar-refractivity contribution in [1.82, 2.24) is 4.90 Å². The van der Waals surface area contributed by atoms with Crippen molar-refractivity contribution in [1.29, 1.82) is 0 Å². The van der Waals surface area contributed by atoms with E-state index in [2.05, 4.69) is 0 Å². The Morgan fingerprint density at radius 2 is 2.00 bits per heavy atom. The van der Waals surface area contributed by atoms with Crippen molar-refractivity contribution in [2.75, 3.05) is 26.7 Å². The van der Waals surface area contributed by atoms with Crippen LogP contribution in [-0.4, -0.2) is 37.6 Å². The maximum absolute atomic E-state index is 13.2. The zero-order valence-corrected chi connectivity index (χ0v) is 10.2. The van der Waals surface area contributed by atoms with Gasteiger partial charge in [-0.2, -0.15) is 0 Å². The van der Waals surface area contributed by atoms with Crippen molar-refractivity contribution in [3.8, 4) is 5.75 Å². The van der Waals surface area contributed by atoms with E-state index in [0.29, 0.717) is 19.5 Å². The number of carbonyl (C=O) groups is 1. The topological polar surface area (TPSA) is 55.6 Å². The predicted molar refractivity (Wildman–Crippen MR) is 63.2 cm³/mol. The van der Waals surface area contributed by atoms with Gasteiger partial charge in [0.15, 0.2) is 24.0 Å². The van der Waals surface area contributed by atoms with Gasteiger partial charge >= 0.3 is 0 Å². The summed E-state index contributed by atoms with van der Waals surface area (Å²) >= 11 is 0. The van der Waals surface area contributed by atoms with E-state index in [1.165, 1.54) is 11.0 Å². The molecule has 1 amide bonds. The van der Waals surface area contributed by atoms with E-state index in [1.807, 2.05) is 0 Å². The largest absolute Gasteiger partial charge is 0.478 e. The second kappa shape index (κ2) is 6.90. The quantitative estimate of drug-likeness (QED) is 0.832. The summed E-state index contributed by atoms with van der Waals surface area (Å²) in [6, 6.07) is 3.37. The molecule has 0 aliphatic heterocycles. The lowest BCUT2D eigenvalue weighted by molar-refractivity contribution is -0.132. The van der Waals surface area contributed by atoms with Crippen LogP contribution in [0.4, 0.5) is 8.78 Å². The van der Waals surface area contributed by atoms with Gasteiger partial charge in [-0.3, -0.25) is 4.79 Å². The summed E-state index contributed by atoms with van der Waals surface area (Å²) in [6.45, 7) is 0.553. The van der Waals surface area contributed by atoms with Gasteiger partial charge in [0.2, 0.25) is 0 Å². The molecule has 1 rings (SSSR count). The third-order valence-electron chi connectivity index (χ3n) is 2.38. The number of carbonyl (C=O) groups excluding carboxylic acids is 1. The normalized spacial score (nSPS) is 10.2. The number of hydrogen-bond acceptors (Lipinski definition) is 3. The van der Waals surface area contributed by atoms with Gasteiger partial charge in [-0.05, 0) is 25.1 Å². The van der Waals surface area contributed by atoms with Crippen LogP contribution in [0.1, 0.15) is 6.42 Å². The molecule has 1 aromatic rings. The summed E-state index contributed by atoms with van der Waals surface area (Å²) in [4.78, 5) is 13.0. The average Bonchev–Trinajstić information content (AvgIpc) is 2.35. The Morgan fingerprint density at radius 1 is 1.39 bits per heavy atom. The maximum atomic E-state index is 13.2. The van der Waals surface area contributed by atoms with E-state index in [0.717, 1.165) is 12.1 Å². The molecule has 18 heavy (non-hydrogen) atoms. The van der Waals surface area contributed by atoms with Crippen molar-refractivity contribution in [3.05, 3.63) is 29.8 Å². The standard InChI is InChI=1S/C12H16F2N2O2/c1-16(7-3-6-15)11(17)8-18-12-9(13)4-2-5-10(12)14/h2,4-5H,3,6-8,15H2,1H3. The molecule has 0 radical (unpaired) electrons. The molecule has 0 spiro atoms. The summed E-state index contributed by atoms with van der Waals surface area (Å²) in [6.07, 6.45) is 0.663. The van der Waals surface area contributed by atoms with Crippen LogP contribution in [0.25, 0.3) is 0 Å². The zero-order valence-electron chi connectivity index (χ0n) is 10.2. The number of amides is 1. The molecule has 2 N–H and O–H groups in total. The molecule has 0 saturated heterocycles. The number of para-hydroxylation sites is 1. The molecule has 0 heterocycles. The molecule has 100 valence electrons. The molecule has 4 nitrogen and oxygen atoms in total. The van der Waals surface area contributed by atoms with Crippen molar-refractivity contribution in [2.24, 2.45) is 5.73 Å². The minimum Gasteiger partial charge on any atom is -0.478 e. The number of rotatable bonds is 6. The number of halogens is 2. The van der Waals surface area contributed by atoms with Gasteiger partial charge in [-0.15, -0.1) is 0 Å². The summed E-state index contributed by atoms with van der Waals surface area (Å²) in [5.41, 5.74) is 5.31. The zero-order chi connectivity index (χ0) is 13.5. The molecule has 0 unspecified atom stereocenters. The smallest absolute Gasteiger partial charge is 0.260 e. The minimum absolute atomic E-state index is 0.355. The first-order valence-electron chi connectivity index (χ1n) is 5.57. The third kappa shape index (κ3) is 3.96. The first-order chi connectivity index (χ1) is 8.56. The first-order valence-corrected chi connectivity index (χ1v) is 5.57. The van der Waals surface area contributed by atoms with E-state index in [-0.39, 0.29) is 5.91 Å². The van der Waals surface area contributed by atoms with Crippen LogP contribution < -0.4 is 10.5 Å². The Kier molecular flexibility index (Phi) is 5.51. The number of likely N-dealkylation sites (N-methyl/N-ethyl adjacent to an activating group) is 1. The third-order valence-corrected chi connectivity index (χ3v) is 2.38. The fourth-order valence-corrected chi connectivity index (χ4v) is 1.32. The number of ether oxygens (including phenoxy) is 1. The molecule has 0 fully saturated rings. The van der Waals surface area contributed by atoms with Gasteiger partial charge in [-0.25, -0.2) is 8.78 Å². The highest BCUT2D eigenvalue weighted by Gasteiger charge is 2.13. The van der Waals surface area contributed by atoms with Crippen LogP contribution in [0.5, 0.6) is 5.75 Å². The highest BCUT2D eigenvalue weighted by Crippen LogP contribution is 2.20. The molecular formula is C12H16F2N2O2. The average molecular weight is 258 g/mol. The number of nitrogens with zero attached hydrogens (tertiary/aromatic N) is 1. The monoisotopic (exact) mass is 258 g/mol. The summed E-state index contributed by atoms with van der Waals surface area (Å²) in [7, 11) is 1.58. The SMILES string of the molecule is CN(CCCN)C(=O)COc1c(F)cccc1F. The summed E-state index contributed by atoms with van der Waals surface area (Å²) in [5, 5.41) is 0. The van der Waals surface area contributed by atoms with E-state index in [1.54, 1.807) is 7.05 Å². The molecule has 0 saturated carbocycles. The molecule has 0 aliphatic rings. The highest BCUT2D eigenvalue weighted by molar-refractivity contribution is 5.77. The second-order valence-electron chi connectivity index (χ2n) is 3.80. The van der Waals surface area contributed by atoms with Crippen LogP contribution >= 0.6 is 0 Å². The van der Waals surface area contributed by atoms with Gasteiger partial charge in [-0.1, -0.05) is 6.07 Å².